The number of H-pyrrole nitrogens is 1. The van der Waals surface area contributed by atoms with Crippen LogP contribution in [0.25, 0.3) is 22.6 Å². The highest BCUT2D eigenvalue weighted by molar-refractivity contribution is 5.89. The van der Waals surface area contributed by atoms with E-state index in [-0.39, 0.29) is 25.7 Å². The zero-order valence-electron chi connectivity index (χ0n) is 13.8. The molecule has 0 unspecified atom stereocenters. The Kier molecular flexibility index (Phi) is 4.38. The summed E-state index contributed by atoms with van der Waals surface area (Å²) in [7, 11) is 0. The maximum absolute atomic E-state index is 14.0. The zero-order chi connectivity index (χ0) is 17.9. The third-order valence-electron chi connectivity index (χ3n) is 3.89. The Hall–Kier alpha value is -3.17. The maximum Gasteiger partial charge on any atom is 0.177 e. The highest BCUT2D eigenvalue weighted by Crippen LogP contribution is 2.25. The monoisotopic (exact) mass is 353 g/mol. The number of fused-ring (bicyclic) bond motifs is 1. The molecule has 0 aliphatic rings. The third kappa shape index (κ3) is 3.05. The van der Waals surface area contributed by atoms with Crippen molar-refractivity contribution in [2.24, 2.45) is 5.73 Å². The van der Waals surface area contributed by atoms with E-state index in [9.17, 15) is 4.39 Å². The van der Waals surface area contributed by atoms with Crippen molar-refractivity contribution in [1.29, 1.82) is 0 Å². The average Bonchev–Trinajstić information content (AvgIpc) is 3.27. The Morgan fingerprint density at radius 2 is 2.08 bits per heavy atom. The predicted molar refractivity (Wildman–Crippen MR) is 92.3 cm³/mol. The van der Waals surface area contributed by atoms with E-state index in [1.807, 2.05) is 12.1 Å². The van der Waals surface area contributed by atoms with Crippen LogP contribution in [-0.4, -0.2) is 36.7 Å². The molecule has 3 heterocycles. The minimum absolute atomic E-state index is 0.0913. The van der Waals surface area contributed by atoms with Crippen LogP contribution in [0.2, 0.25) is 0 Å². The topological polar surface area (TPSA) is 108 Å². The fourth-order valence-corrected chi connectivity index (χ4v) is 2.70. The number of benzene rings is 1. The average molecular weight is 353 g/mol. The molecule has 0 atom stereocenters. The lowest BCUT2D eigenvalue weighted by atomic mass is 10.2. The SMILES string of the molecule is NCOCc1n[nH]c(-c2nn(Cc3ccccc3F)c3ncccc23)n1. The Balaban J connectivity index is 1.74. The molecule has 0 saturated carbocycles. The summed E-state index contributed by atoms with van der Waals surface area (Å²) >= 11 is 0. The summed E-state index contributed by atoms with van der Waals surface area (Å²) in [6, 6.07) is 10.3. The van der Waals surface area contributed by atoms with Gasteiger partial charge in [-0.15, -0.1) is 0 Å². The number of hydrogen-bond donors (Lipinski definition) is 2. The summed E-state index contributed by atoms with van der Waals surface area (Å²) in [5, 5.41) is 12.3. The fraction of sp³-hybridized carbons (Fsp3) is 0.176. The fourth-order valence-electron chi connectivity index (χ4n) is 2.70. The molecule has 8 nitrogen and oxygen atoms in total. The summed E-state index contributed by atoms with van der Waals surface area (Å²) in [5.41, 5.74) is 7.08. The van der Waals surface area contributed by atoms with E-state index in [1.165, 1.54) is 6.07 Å². The smallest absolute Gasteiger partial charge is 0.177 e. The molecule has 0 spiro atoms. The van der Waals surface area contributed by atoms with Gasteiger partial charge in [0.15, 0.2) is 17.3 Å². The van der Waals surface area contributed by atoms with Crippen LogP contribution in [0.5, 0.6) is 0 Å². The molecule has 0 amide bonds. The molecule has 3 aromatic heterocycles. The van der Waals surface area contributed by atoms with E-state index in [0.29, 0.717) is 28.6 Å². The van der Waals surface area contributed by atoms with Crippen LogP contribution < -0.4 is 5.73 Å². The molecule has 132 valence electrons. The first kappa shape index (κ1) is 16.3. The Bertz CT molecular complexity index is 1040. The van der Waals surface area contributed by atoms with Gasteiger partial charge in [-0.1, -0.05) is 18.2 Å². The first-order valence-electron chi connectivity index (χ1n) is 8.00. The molecular weight excluding hydrogens is 337 g/mol. The Morgan fingerprint density at radius 3 is 2.92 bits per heavy atom. The van der Waals surface area contributed by atoms with Crippen molar-refractivity contribution in [3.63, 3.8) is 0 Å². The number of ether oxygens (including phenoxy) is 1. The normalized spacial score (nSPS) is 11.3. The molecule has 0 aliphatic carbocycles. The van der Waals surface area contributed by atoms with Crippen molar-refractivity contribution in [2.45, 2.75) is 13.2 Å². The molecule has 0 bridgehead atoms. The number of halogens is 1. The number of nitrogens with two attached hydrogens (primary N) is 1. The van der Waals surface area contributed by atoms with Crippen molar-refractivity contribution in [2.75, 3.05) is 6.73 Å². The second-order valence-electron chi connectivity index (χ2n) is 5.59. The number of aromatic amines is 1. The van der Waals surface area contributed by atoms with Gasteiger partial charge in [-0.05, 0) is 18.2 Å². The lowest BCUT2D eigenvalue weighted by Crippen LogP contribution is -2.05. The molecule has 9 heteroatoms. The molecular formula is C17H16FN7O. The van der Waals surface area contributed by atoms with Crippen molar-refractivity contribution in [1.82, 2.24) is 29.9 Å². The van der Waals surface area contributed by atoms with Crippen LogP contribution in [0.3, 0.4) is 0 Å². The summed E-state index contributed by atoms with van der Waals surface area (Å²) in [4.78, 5) is 8.77. The van der Waals surface area contributed by atoms with E-state index in [4.69, 9.17) is 10.5 Å². The second-order valence-corrected chi connectivity index (χ2v) is 5.59. The summed E-state index contributed by atoms with van der Waals surface area (Å²) in [6.45, 7) is 0.560. The van der Waals surface area contributed by atoms with Crippen LogP contribution in [-0.2, 0) is 17.9 Å². The van der Waals surface area contributed by atoms with Gasteiger partial charge in [-0.25, -0.2) is 19.0 Å². The van der Waals surface area contributed by atoms with Crippen LogP contribution in [0, 0.1) is 5.82 Å². The van der Waals surface area contributed by atoms with Crippen LogP contribution in [0.15, 0.2) is 42.6 Å². The highest BCUT2D eigenvalue weighted by atomic mass is 19.1. The van der Waals surface area contributed by atoms with Gasteiger partial charge in [0, 0.05) is 11.8 Å². The van der Waals surface area contributed by atoms with Crippen molar-refractivity contribution in [3.8, 4) is 11.5 Å². The molecule has 1 aromatic carbocycles. The van der Waals surface area contributed by atoms with E-state index in [0.717, 1.165) is 5.39 Å². The molecule has 4 aromatic rings. The summed E-state index contributed by atoms with van der Waals surface area (Å²) < 4.78 is 20.8. The van der Waals surface area contributed by atoms with Gasteiger partial charge in [0.1, 0.15) is 18.1 Å². The van der Waals surface area contributed by atoms with Gasteiger partial charge in [-0.2, -0.15) is 10.2 Å². The van der Waals surface area contributed by atoms with Gasteiger partial charge < -0.3 is 10.5 Å². The van der Waals surface area contributed by atoms with E-state index in [2.05, 4.69) is 25.3 Å². The highest BCUT2D eigenvalue weighted by Gasteiger charge is 2.17. The van der Waals surface area contributed by atoms with Gasteiger partial charge in [0.2, 0.25) is 0 Å². The first-order valence-corrected chi connectivity index (χ1v) is 8.00. The number of nitrogens with zero attached hydrogens (tertiary/aromatic N) is 5. The van der Waals surface area contributed by atoms with Crippen molar-refractivity contribution in [3.05, 3.63) is 59.8 Å². The van der Waals surface area contributed by atoms with Crippen molar-refractivity contribution < 1.29 is 9.13 Å². The Labute approximate surface area is 147 Å². The molecule has 0 saturated heterocycles. The lowest BCUT2D eigenvalue weighted by Gasteiger charge is -2.04. The molecule has 0 radical (unpaired) electrons. The standard InChI is InChI=1S/C17H16FN7O/c18-13-6-2-1-4-11(13)8-25-17-12(5-3-7-20-17)15(24-25)16-21-14(22-23-16)9-26-10-19/h1-7H,8-10,19H2,(H,21,22,23). The maximum atomic E-state index is 14.0. The zero-order valence-corrected chi connectivity index (χ0v) is 13.8. The number of aromatic nitrogens is 6. The van der Waals surface area contributed by atoms with Crippen LogP contribution in [0.1, 0.15) is 11.4 Å². The second kappa shape index (κ2) is 6.98. The quantitative estimate of drug-likeness (QED) is 0.512. The number of rotatable bonds is 6. The van der Waals surface area contributed by atoms with Gasteiger partial charge in [-0.3, -0.25) is 5.10 Å². The van der Waals surface area contributed by atoms with E-state index >= 15 is 0 Å². The minimum Gasteiger partial charge on any atom is -0.358 e. The Morgan fingerprint density at radius 1 is 1.19 bits per heavy atom. The van der Waals surface area contributed by atoms with Crippen LogP contribution >= 0.6 is 0 Å². The van der Waals surface area contributed by atoms with Gasteiger partial charge in [0.25, 0.3) is 0 Å². The lowest BCUT2D eigenvalue weighted by molar-refractivity contribution is 0.122. The molecule has 3 N–H and O–H groups in total. The molecule has 0 aliphatic heterocycles. The number of hydrogen-bond acceptors (Lipinski definition) is 6. The predicted octanol–water partition coefficient (Wildman–Crippen LogP) is 1.84. The van der Waals surface area contributed by atoms with E-state index < -0.39 is 0 Å². The molecule has 4 rings (SSSR count). The number of pyridine rings is 1. The summed E-state index contributed by atoms with van der Waals surface area (Å²) in [5.74, 6) is 0.687. The van der Waals surface area contributed by atoms with Gasteiger partial charge in [0.05, 0.1) is 18.7 Å². The largest absolute Gasteiger partial charge is 0.358 e. The van der Waals surface area contributed by atoms with Crippen LogP contribution in [0.4, 0.5) is 4.39 Å². The summed E-state index contributed by atoms with van der Waals surface area (Å²) in [6.07, 6.45) is 1.67. The van der Waals surface area contributed by atoms with Crippen molar-refractivity contribution >= 4 is 11.0 Å². The van der Waals surface area contributed by atoms with Gasteiger partial charge >= 0.3 is 0 Å². The minimum atomic E-state index is -0.283. The molecule has 0 fully saturated rings. The number of nitrogens with one attached hydrogen (secondary N) is 1. The van der Waals surface area contributed by atoms with E-state index in [1.54, 1.807) is 29.1 Å². The third-order valence-corrected chi connectivity index (χ3v) is 3.89. The first-order chi connectivity index (χ1) is 12.8. The molecule has 26 heavy (non-hydrogen) atoms.